The van der Waals surface area contributed by atoms with E-state index in [1.54, 1.807) is 0 Å². The molecule has 2 heterocycles. The standard InChI is InChI=1S/C14H22O4/c1-2-6-13(5-1)15-9-11(17-13)12-10-16-14(18-12)7-3-4-8-14/h11-12H,1-10H2/t11-,12-/m0/s1. The third kappa shape index (κ3) is 1.82. The van der Waals surface area contributed by atoms with Crippen molar-refractivity contribution in [2.45, 2.75) is 75.1 Å². The van der Waals surface area contributed by atoms with Crippen LogP contribution in [-0.4, -0.2) is 37.0 Å². The fraction of sp³-hybridized carbons (Fsp3) is 1.00. The Bertz CT molecular complexity index is 286. The average molecular weight is 254 g/mol. The van der Waals surface area contributed by atoms with Crippen LogP contribution in [-0.2, 0) is 18.9 Å². The van der Waals surface area contributed by atoms with E-state index in [0.717, 1.165) is 25.7 Å². The van der Waals surface area contributed by atoms with E-state index in [1.807, 2.05) is 0 Å². The van der Waals surface area contributed by atoms with E-state index < -0.39 is 0 Å². The third-order valence-corrected chi connectivity index (χ3v) is 4.90. The van der Waals surface area contributed by atoms with Gasteiger partial charge in [-0.05, 0) is 25.7 Å². The van der Waals surface area contributed by atoms with Crippen LogP contribution in [0.2, 0.25) is 0 Å². The van der Waals surface area contributed by atoms with Crippen molar-refractivity contribution < 1.29 is 18.9 Å². The smallest absolute Gasteiger partial charge is 0.169 e. The minimum atomic E-state index is -0.278. The van der Waals surface area contributed by atoms with Gasteiger partial charge in [-0.25, -0.2) is 0 Å². The van der Waals surface area contributed by atoms with E-state index in [-0.39, 0.29) is 23.8 Å². The van der Waals surface area contributed by atoms with Gasteiger partial charge in [-0.1, -0.05) is 0 Å². The predicted octanol–water partition coefficient (Wildman–Crippen LogP) is 2.36. The van der Waals surface area contributed by atoms with Crippen LogP contribution in [0.4, 0.5) is 0 Å². The zero-order valence-corrected chi connectivity index (χ0v) is 10.9. The van der Waals surface area contributed by atoms with Crippen molar-refractivity contribution in [3.63, 3.8) is 0 Å². The van der Waals surface area contributed by atoms with Gasteiger partial charge in [0.25, 0.3) is 0 Å². The maximum Gasteiger partial charge on any atom is 0.169 e. The summed E-state index contributed by atoms with van der Waals surface area (Å²) in [4.78, 5) is 0. The highest BCUT2D eigenvalue weighted by atomic mass is 16.8. The highest BCUT2D eigenvalue weighted by Crippen LogP contribution is 2.44. The van der Waals surface area contributed by atoms with Gasteiger partial charge in [0.2, 0.25) is 0 Å². The Morgan fingerprint density at radius 1 is 0.611 bits per heavy atom. The summed E-state index contributed by atoms with van der Waals surface area (Å²) in [5, 5.41) is 0. The molecule has 4 fully saturated rings. The van der Waals surface area contributed by atoms with Gasteiger partial charge < -0.3 is 18.9 Å². The van der Waals surface area contributed by atoms with E-state index >= 15 is 0 Å². The Morgan fingerprint density at radius 3 is 1.39 bits per heavy atom. The van der Waals surface area contributed by atoms with Crippen LogP contribution in [0, 0.1) is 0 Å². The molecule has 102 valence electrons. The first-order valence-electron chi connectivity index (χ1n) is 7.43. The van der Waals surface area contributed by atoms with Crippen molar-refractivity contribution >= 4 is 0 Å². The lowest BCUT2D eigenvalue weighted by Crippen LogP contribution is -2.35. The minimum Gasteiger partial charge on any atom is -0.347 e. The van der Waals surface area contributed by atoms with Gasteiger partial charge >= 0.3 is 0 Å². The molecule has 0 N–H and O–H groups in total. The molecule has 0 radical (unpaired) electrons. The molecule has 18 heavy (non-hydrogen) atoms. The van der Waals surface area contributed by atoms with E-state index in [9.17, 15) is 0 Å². The summed E-state index contributed by atoms with van der Waals surface area (Å²) in [6, 6.07) is 0. The zero-order valence-electron chi connectivity index (χ0n) is 10.9. The van der Waals surface area contributed by atoms with Crippen molar-refractivity contribution in [1.29, 1.82) is 0 Å². The molecule has 0 aromatic carbocycles. The first-order chi connectivity index (χ1) is 8.79. The molecule has 0 bridgehead atoms. The lowest BCUT2D eigenvalue weighted by Gasteiger charge is -2.25. The number of rotatable bonds is 1. The molecule has 2 spiro atoms. The molecular weight excluding hydrogens is 232 g/mol. The van der Waals surface area contributed by atoms with Crippen molar-refractivity contribution in [2.24, 2.45) is 0 Å². The molecule has 0 aromatic rings. The highest BCUT2D eigenvalue weighted by molar-refractivity contribution is 4.91. The Balaban J connectivity index is 1.40. The molecule has 2 atom stereocenters. The van der Waals surface area contributed by atoms with Crippen molar-refractivity contribution in [2.75, 3.05) is 13.2 Å². The molecule has 4 heteroatoms. The molecular formula is C14H22O4. The second-order valence-corrected chi connectivity index (χ2v) is 6.17. The molecule has 4 rings (SSSR count). The van der Waals surface area contributed by atoms with Gasteiger partial charge in [0, 0.05) is 25.7 Å². The number of hydrogen-bond acceptors (Lipinski definition) is 4. The number of hydrogen-bond donors (Lipinski definition) is 0. The van der Waals surface area contributed by atoms with Gasteiger partial charge in [-0.15, -0.1) is 0 Å². The Labute approximate surface area is 108 Å². The molecule has 0 unspecified atom stereocenters. The molecule has 2 saturated heterocycles. The van der Waals surface area contributed by atoms with Crippen LogP contribution >= 0.6 is 0 Å². The molecule has 4 nitrogen and oxygen atoms in total. The van der Waals surface area contributed by atoms with Crippen LogP contribution in [0.3, 0.4) is 0 Å². The fourth-order valence-corrected chi connectivity index (χ4v) is 3.87. The van der Waals surface area contributed by atoms with Crippen LogP contribution in [0.5, 0.6) is 0 Å². The fourth-order valence-electron chi connectivity index (χ4n) is 3.87. The number of ether oxygens (including phenoxy) is 4. The van der Waals surface area contributed by atoms with Crippen LogP contribution in [0.15, 0.2) is 0 Å². The predicted molar refractivity (Wildman–Crippen MR) is 64.0 cm³/mol. The Kier molecular flexibility index (Phi) is 2.70. The maximum absolute atomic E-state index is 6.17. The topological polar surface area (TPSA) is 36.9 Å². The van der Waals surface area contributed by atoms with Crippen molar-refractivity contribution in [3.05, 3.63) is 0 Å². The summed E-state index contributed by atoms with van der Waals surface area (Å²) in [6.45, 7) is 1.34. The largest absolute Gasteiger partial charge is 0.347 e. The highest BCUT2D eigenvalue weighted by Gasteiger charge is 2.51. The molecule has 2 aliphatic heterocycles. The van der Waals surface area contributed by atoms with Gasteiger partial charge in [-0.2, -0.15) is 0 Å². The third-order valence-electron chi connectivity index (χ3n) is 4.90. The minimum absolute atomic E-state index is 0.0723. The second kappa shape index (κ2) is 4.17. The van der Waals surface area contributed by atoms with E-state index in [0.29, 0.717) is 13.2 Å². The molecule has 4 aliphatic rings. The van der Waals surface area contributed by atoms with E-state index in [1.165, 1.54) is 25.7 Å². The first-order valence-corrected chi connectivity index (χ1v) is 7.43. The monoisotopic (exact) mass is 254 g/mol. The van der Waals surface area contributed by atoms with Gasteiger partial charge in [0.15, 0.2) is 11.6 Å². The average Bonchev–Trinajstić information content (AvgIpc) is 3.12. The first kappa shape index (κ1) is 11.6. The second-order valence-electron chi connectivity index (χ2n) is 6.17. The summed E-state index contributed by atoms with van der Waals surface area (Å²) >= 11 is 0. The lowest BCUT2D eigenvalue weighted by atomic mass is 10.2. The SMILES string of the molecule is C1CCC2(C1)OC[C@@H]([C@@H]1COC3(CCCC3)O1)O2. The zero-order chi connectivity index (χ0) is 12.1. The molecule has 0 amide bonds. The van der Waals surface area contributed by atoms with Gasteiger partial charge in [0.1, 0.15) is 12.2 Å². The molecule has 2 saturated carbocycles. The van der Waals surface area contributed by atoms with Crippen molar-refractivity contribution in [1.82, 2.24) is 0 Å². The summed E-state index contributed by atoms with van der Waals surface area (Å²) < 4.78 is 24.2. The van der Waals surface area contributed by atoms with E-state index in [2.05, 4.69) is 0 Å². The normalized spacial score (nSPS) is 41.3. The van der Waals surface area contributed by atoms with Gasteiger partial charge in [0.05, 0.1) is 13.2 Å². The summed E-state index contributed by atoms with van der Waals surface area (Å²) in [5.41, 5.74) is 0. The maximum atomic E-state index is 6.17. The van der Waals surface area contributed by atoms with E-state index in [4.69, 9.17) is 18.9 Å². The molecule has 0 aromatic heterocycles. The van der Waals surface area contributed by atoms with Crippen LogP contribution in [0.1, 0.15) is 51.4 Å². The quantitative estimate of drug-likeness (QED) is 0.720. The Hall–Kier alpha value is -0.160. The van der Waals surface area contributed by atoms with Crippen LogP contribution < -0.4 is 0 Å². The summed E-state index contributed by atoms with van der Waals surface area (Å²) in [6.07, 6.45) is 9.20. The molecule has 2 aliphatic carbocycles. The summed E-state index contributed by atoms with van der Waals surface area (Å²) in [5.74, 6) is -0.557. The lowest BCUT2D eigenvalue weighted by molar-refractivity contribution is -0.194. The van der Waals surface area contributed by atoms with Crippen molar-refractivity contribution in [3.8, 4) is 0 Å². The van der Waals surface area contributed by atoms with Gasteiger partial charge in [-0.3, -0.25) is 0 Å². The van der Waals surface area contributed by atoms with Crippen LogP contribution in [0.25, 0.3) is 0 Å². The summed E-state index contributed by atoms with van der Waals surface area (Å²) in [7, 11) is 0. The Morgan fingerprint density at radius 2 is 1.00 bits per heavy atom.